The van der Waals surface area contributed by atoms with E-state index in [4.69, 9.17) is 4.74 Å². The van der Waals surface area contributed by atoms with Crippen molar-refractivity contribution in [3.63, 3.8) is 0 Å². The van der Waals surface area contributed by atoms with Gasteiger partial charge in [-0.3, -0.25) is 0 Å². The Morgan fingerprint density at radius 3 is 2.16 bits per heavy atom. The third kappa shape index (κ3) is 2.43. The van der Waals surface area contributed by atoms with Crippen LogP contribution >= 0.6 is 0 Å². The Morgan fingerprint density at radius 1 is 0.895 bits per heavy atom. The lowest BCUT2D eigenvalue weighted by Crippen LogP contribution is -2.17. The zero-order valence-corrected chi connectivity index (χ0v) is 10.5. The van der Waals surface area contributed by atoms with Crippen LogP contribution in [0.3, 0.4) is 0 Å². The molecule has 0 saturated carbocycles. The Morgan fingerprint density at radius 2 is 1.53 bits per heavy atom. The summed E-state index contributed by atoms with van der Waals surface area (Å²) in [5, 5.41) is 0. The average Bonchev–Trinajstić information content (AvgIpc) is 2.49. The van der Waals surface area contributed by atoms with Crippen molar-refractivity contribution in [2.24, 2.45) is 0 Å². The second kappa shape index (κ2) is 5.11. The highest BCUT2D eigenvalue weighted by molar-refractivity contribution is 6.17. The van der Waals surface area contributed by atoms with Crippen molar-refractivity contribution in [3.8, 4) is 0 Å². The van der Waals surface area contributed by atoms with Crippen molar-refractivity contribution in [1.29, 1.82) is 0 Å². The van der Waals surface area contributed by atoms with Crippen LogP contribution in [0.25, 0.3) is 5.57 Å². The molecule has 2 aromatic carbocycles. The molecule has 1 atom stereocenters. The van der Waals surface area contributed by atoms with Gasteiger partial charge in [-0.2, -0.15) is 0 Å². The van der Waals surface area contributed by atoms with Gasteiger partial charge in [-0.05, 0) is 11.1 Å². The van der Waals surface area contributed by atoms with E-state index in [0.29, 0.717) is 5.57 Å². The van der Waals surface area contributed by atoms with Crippen molar-refractivity contribution in [2.75, 3.05) is 0 Å². The van der Waals surface area contributed by atoms with E-state index in [1.807, 2.05) is 66.7 Å². The van der Waals surface area contributed by atoms with Gasteiger partial charge in [0.2, 0.25) is 0 Å². The first-order valence-electron chi connectivity index (χ1n) is 6.36. The molecule has 94 valence electrons. The molecule has 0 fully saturated rings. The Hall–Kier alpha value is -2.35. The number of hydrogen-bond donors (Lipinski definition) is 0. The highest BCUT2D eigenvalue weighted by atomic mass is 16.5. The number of benzene rings is 2. The van der Waals surface area contributed by atoms with Crippen LogP contribution < -0.4 is 0 Å². The number of rotatable bonds is 2. The molecule has 19 heavy (non-hydrogen) atoms. The number of cyclic esters (lactones) is 1. The molecule has 0 spiro atoms. The molecule has 1 aliphatic rings. The number of ether oxygens (including phenoxy) is 1. The van der Waals surface area contributed by atoms with Gasteiger partial charge in [0.15, 0.2) is 0 Å². The summed E-state index contributed by atoms with van der Waals surface area (Å²) in [7, 11) is 0. The highest BCUT2D eigenvalue weighted by Gasteiger charge is 2.24. The minimum absolute atomic E-state index is 0.166. The van der Waals surface area contributed by atoms with Crippen molar-refractivity contribution in [2.45, 2.75) is 12.5 Å². The van der Waals surface area contributed by atoms with Gasteiger partial charge >= 0.3 is 5.97 Å². The van der Waals surface area contributed by atoms with E-state index < -0.39 is 0 Å². The number of hydrogen-bond acceptors (Lipinski definition) is 2. The number of carbonyl (C=O) groups excluding carboxylic acids is 1. The smallest absolute Gasteiger partial charge is 0.339 e. The lowest BCUT2D eigenvalue weighted by atomic mass is 9.98. The van der Waals surface area contributed by atoms with Crippen LogP contribution in [0.5, 0.6) is 0 Å². The van der Waals surface area contributed by atoms with E-state index in [-0.39, 0.29) is 12.1 Å². The Labute approximate surface area is 112 Å². The normalized spacial score (nSPS) is 18.6. The van der Waals surface area contributed by atoms with Gasteiger partial charge in [0.05, 0.1) is 5.57 Å². The fraction of sp³-hybridized carbons (Fsp3) is 0.118. The van der Waals surface area contributed by atoms with E-state index in [0.717, 1.165) is 17.5 Å². The fourth-order valence-electron chi connectivity index (χ4n) is 2.27. The zero-order chi connectivity index (χ0) is 13.1. The van der Waals surface area contributed by atoms with Crippen LogP contribution in [0, 0.1) is 0 Å². The number of carbonyl (C=O) groups is 1. The summed E-state index contributed by atoms with van der Waals surface area (Å²) < 4.78 is 5.53. The maximum absolute atomic E-state index is 12.1. The number of esters is 1. The molecule has 0 bridgehead atoms. The van der Waals surface area contributed by atoms with Crippen molar-refractivity contribution in [1.82, 2.24) is 0 Å². The summed E-state index contributed by atoms with van der Waals surface area (Å²) in [4.78, 5) is 12.1. The largest absolute Gasteiger partial charge is 0.454 e. The molecule has 0 N–H and O–H groups in total. The van der Waals surface area contributed by atoms with Crippen LogP contribution in [0.15, 0.2) is 66.7 Å². The van der Waals surface area contributed by atoms with Crippen molar-refractivity contribution >= 4 is 11.5 Å². The second-order valence-corrected chi connectivity index (χ2v) is 4.52. The van der Waals surface area contributed by atoms with Crippen molar-refractivity contribution < 1.29 is 9.53 Å². The molecule has 2 heteroatoms. The van der Waals surface area contributed by atoms with E-state index in [2.05, 4.69) is 0 Å². The Bertz CT molecular complexity index is 600. The van der Waals surface area contributed by atoms with Gasteiger partial charge in [0.1, 0.15) is 6.10 Å². The van der Waals surface area contributed by atoms with Gasteiger partial charge in [-0.25, -0.2) is 4.79 Å². The molecule has 0 radical (unpaired) electrons. The minimum Gasteiger partial charge on any atom is -0.454 e. The molecule has 0 amide bonds. The minimum atomic E-state index is -0.244. The Balaban J connectivity index is 1.85. The predicted octanol–water partition coefficient (Wildman–Crippen LogP) is 3.76. The SMILES string of the molecule is O=C1O[C@H](c2ccccc2)CC=C1c1ccccc1. The topological polar surface area (TPSA) is 26.3 Å². The molecule has 3 rings (SSSR count). The fourth-order valence-corrected chi connectivity index (χ4v) is 2.27. The third-order valence-electron chi connectivity index (χ3n) is 3.26. The summed E-state index contributed by atoms with van der Waals surface area (Å²) in [6.07, 6.45) is 2.53. The summed E-state index contributed by atoms with van der Waals surface area (Å²) in [5.74, 6) is -0.244. The van der Waals surface area contributed by atoms with Gasteiger partial charge in [-0.15, -0.1) is 0 Å². The molecule has 0 aromatic heterocycles. The van der Waals surface area contributed by atoms with E-state index in [1.54, 1.807) is 0 Å². The maximum atomic E-state index is 12.1. The summed E-state index contributed by atoms with van der Waals surface area (Å²) >= 11 is 0. The van der Waals surface area contributed by atoms with Gasteiger partial charge in [-0.1, -0.05) is 66.7 Å². The maximum Gasteiger partial charge on any atom is 0.339 e. The first-order valence-corrected chi connectivity index (χ1v) is 6.36. The third-order valence-corrected chi connectivity index (χ3v) is 3.26. The van der Waals surface area contributed by atoms with Crippen LogP contribution in [0.1, 0.15) is 23.7 Å². The molecule has 1 aliphatic heterocycles. The molecule has 0 saturated heterocycles. The second-order valence-electron chi connectivity index (χ2n) is 4.52. The van der Waals surface area contributed by atoms with Crippen LogP contribution in [-0.4, -0.2) is 5.97 Å². The van der Waals surface area contributed by atoms with Gasteiger partial charge in [0, 0.05) is 6.42 Å². The molecule has 1 heterocycles. The van der Waals surface area contributed by atoms with Crippen LogP contribution in [0.2, 0.25) is 0 Å². The Kier molecular flexibility index (Phi) is 3.15. The lowest BCUT2D eigenvalue weighted by Gasteiger charge is -2.22. The van der Waals surface area contributed by atoms with Crippen LogP contribution in [-0.2, 0) is 9.53 Å². The van der Waals surface area contributed by atoms with Crippen molar-refractivity contribution in [3.05, 3.63) is 77.9 Å². The van der Waals surface area contributed by atoms with E-state index in [1.165, 1.54) is 0 Å². The highest BCUT2D eigenvalue weighted by Crippen LogP contribution is 2.31. The molecule has 2 nitrogen and oxygen atoms in total. The molecule has 0 unspecified atom stereocenters. The first-order chi connectivity index (χ1) is 9.34. The zero-order valence-electron chi connectivity index (χ0n) is 10.5. The van der Waals surface area contributed by atoms with E-state index >= 15 is 0 Å². The molecular weight excluding hydrogens is 236 g/mol. The lowest BCUT2D eigenvalue weighted by molar-refractivity contribution is -0.143. The molecule has 0 aliphatic carbocycles. The molecule has 2 aromatic rings. The molecular formula is C17H14O2. The van der Waals surface area contributed by atoms with Gasteiger partial charge in [0.25, 0.3) is 0 Å². The average molecular weight is 250 g/mol. The standard InChI is InChI=1S/C17H14O2/c18-17-15(13-7-3-1-4-8-13)11-12-16(19-17)14-9-5-2-6-10-14/h1-11,16H,12H2/t16-/m0/s1. The summed E-state index contributed by atoms with van der Waals surface area (Å²) in [5.41, 5.74) is 2.62. The van der Waals surface area contributed by atoms with Crippen LogP contribution in [0.4, 0.5) is 0 Å². The quantitative estimate of drug-likeness (QED) is 0.759. The van der Waals surface area contributed by atoms with E-state index in [9.17, 15) is 4.79 Å². The monoisotopic (exact) mass is 250 g/mol. The van der Waals surface area contributed by atoms with Gasteiger partial charge < -0.3 is 4.74 Å². The predicted molar refractivity (Wildman–Crippen MR) is 74.3 cm³/mol. The first kappa shape index (κ1) is 11.7. The summed E-state index contributed by atoms with van der Waals surface area (Å²) in [6.45, 7) is 0. The summed E-state index contributed by atoms with van der Waals surface area (Å²) in [6, 6.07) is 19.5.